The number of benzene rings is 3. The van der Waals surface area contributed by atoms with Gasteiger partial charge in [-0.3, -0.25) is 48.2 Å². The van der Waals surface area contributed by atoms with Crippen LogP contribution in [0.2, 0.25) is 0 Å². The third-order valence-corrected chi connectivity index (χ3v) is 13.7. The number of hydrogen-bond acceptors (Lipinski definition) is 11. The topological polar surface area (TPSA) is 160 Å². The molecule has 1 atom stereocenters. The van der Waals surface area contributed by atoms with Crippen molar-refractivity contribution in [1.82, 2.24) is 43.7 Å². The quantitative estimate of drug-likeness (QED) is 0.0894. The van der Waals surface area contributed by atoms with E-state index in [0.29, 0.717) is 86.5 Å². The van der Waals surface area contributed by atoms with Crippen LogP contribution in [0.5, 0.6) is 0 Å². The number of halogens is 3. The number of carbonyl (C=O) groups is 4. The highest BCUT2D eigenvalue weighted by Gasteiger charge is 2.44. The van der Waals surface area contributed by atoms with E-state index in [1.54, 1.807) is 41.2 Å². The Labute approximate surface area is 402 Å². The summed E-state index contributed by atoms with van der Waals surface area (Å²) >= 11 is 0. The second-order valence-corrected chi connectivity index (χ2v) is 18.4. The van der Waals surface area contributed by atoms with Crippen LogP contribution in [0.4, 0.5) is 18.9 Å². The largest absolute Gasteiger partial charge is 0.418 e. The summed E-state index contributed by atoms with van der Waals surface area (Å²) in [6.07, 6.45) is 2.88. The predicted molar refractivity (Wildman–Crippen MR) is 253 cm³/mol. The van der Waals surface area contributed by atoms with E-state index in [0.717, 1.165) is 64.5 Å². The lowest BCUT2D eigenvalue weighted by Gasteiger charge is -2.36. The summed E-state index contributed by atoms with van der Waals surface area (Å²) in [5.41, 5.74) is 3.50. The number of nitrogens with zero attached hydrogens (tertiary/aromatic N) is 9. The Hall–Kier alpha value is -6.96. The maximum Gasteiger partial charge on any atom is 0.418 e. The van der Waals surface area contributed by atoms with Gasteiger partial charge >= 0.3 is 11.9 Å². The number of alkyl halides is 3. The Morgan fingerprint density at radius 3 is 2.27 bits per heavy atom. The van der Waals surface area contributed by atoms with Gasteiger partial charge in [-0.05, 0) is 90.9 Å². The molecule has 3 aliphatic rings. The molecule has 3 aliphatic heterocycles. The molecule has 2 saturated heterocycles. The molecule has 4 amide bonds. The lowest BCUT2D eigenvalue weighted by molar-refractivity contribution is -0.136. The normalized spacial score (nSPS) is 16.6. The standard InChI is InChI=1S/C51H55F3N10O6/c1-3-6-43(47(66)55-33-65)64-48(67)40-9-5-10-42(46(40)49(64)68)61-21-19-60(20-22-61)26-34-11-13-35(14-12-34)30-70-31-36-15-17-59(18-16-36)27-38-24-41(51(52,53)54)44-29-62(50(69)63(44)28-38)39-8-4-7-37(23-39)25-45-57-56-32-58(45)2/h4-5,7-14,23-24,28-29,32-33,36,43H,3,6,15-22,25-27,30-31H2,1-2H3,(H,55,65,66). The van der Waals surface area contributed by atoms with Gasteiger partial charge in [0.05, 0.1) is 40.2 Å². The molecule has 70 heavy (non-hydrogen) atoms. The molecule has 6 heterocycles. The predicted octanol–water partition coefficient (Wildman–Crippen LogP) is 5.62. The van der Waals surface area contributed by atoms with E-state index in [2.05, 4.69) is 54.5 Å². The van der Waals surface area contributed by atoms with E-state index in [-0.39, 0.29) is 30.5 Å². The van der Waals surface area contributed by atoms with Gasteiger partial charge in [-0.1, -0.05) is 55.8 Å². The Balaban J connectivity index is 0.740. The van der Waals surface area contributed by atoms with Crippen LogP contribution >= 0.6 is 0 Å². The van der Waals surface area contributed by atoms with E-state index >= 15 is 0 Å². The number of anilines is 1. The van der Waals surface area contributed by atoms with E-state index in [9.17, 15) is 37.1 Å². The number of hydrogen-bond donors (Lipinski definition) is 1. The molecule has 6 aromatic rings. The molecule has 3 aromatic heterocycles. The number of amides is 4. The van der Waals surface area contributed by atoms with Gasteiger partial charge in [0.15, 0.2) is 0 Å². The monoisotopic (exact) mass is 960 g/mol. The molecule has 366 valence electrons. The highest BCUT2D eigenvalue weighted by atomic mass is 19.4. The maximum atomic E-state index is 14.5. The van der Waals surface area contributed by atoms with Crippen LogP contribution in [-0.2, 0) is 53.7 Å². The number of aryl methyl sites for hydroxylation is 1. The Morgan fingerprint density at radius 2 is 1.57 bits per heavy atom. The van der Waals surface area contributed by atoms with Gasteiger partial charge in [0, 0.05) is 71.7 Å². The SMILES string of the molecule is CCCC(C(=O)NC=O)N1C(=O)c2cccc(N3CCN(Cc4ccc(COCC5CCN(Cc6cc(C(F)(F)F)c7cn(-c8cccc(Cc9nncn9C)c8)c(=O)n7c6)CC5)cc4)CC3)c2C1=O. The number of carbonyl (C=O) groups excluding carboxylic acids is 4. The van der Waals surface area contributed by atoms with E-state index < -0.39 is 41.2 Å². The molecule has 0 spiro atoms. The molecule has 0 saturated carbocycles. The number of pyridine rings is 1. The number of imide groups is 2. The summed E-state index contributed by atoms with van der Waals surface area (Å²) < 4.78 is 53.9. The number of aromatic nitrogens is 5. The molecular formula is C51H55F3N10O6. The summed E-state index contributed by atoms with van der Waals surface area (Å²) in [4.78, 5) is 72.1. The van der Waals surface area contributed by atoms with Crippen molar-refractivity contribution in [2.75, 3.05) is 50.8 Å². The first-order valence-electron chi connectivity index (χ1n) is 23.7. The average molecular weight is 961 g/mol. The van der Waals surface area contributed by atoms with Crippen molar-refractivity contribution in [2.24, 2.45) is 13.0 Å². The molecule has 9 rings (SSSR count). The van der Waals surface area contributed by atoms with E-state index in [1.165, 1.54) is 17.0 Å². The molecule has 0 aliphatic carbocycles. The summed E-state index contributed by atoms with van der Waals surface area (Å²) in [6, 6.07) is 20.8. The molecule has 0 bridgehead atoms. The third-order valence-electron chi connectivity index (χ3n) is 13.7. The fraction of sp³-hybridized carbons (Fsp3) is 0.392. The second kappa shape index (κ2) is 20.6. The minimum absolute atomic E-state index is 0.203. The van der Waals surface area contributed by atoms with Gasteiger partial charge in [0.25, 0.3) is 11.8 Å². The number of ether oxygens (including phenoxy) is 1. The smallest absolute Gasteiger partial charge is 0.376 e. The minimum Gasteiger partial charge on any atom is -0.376 e. The maximum absolute atomic E-state index is 14.5. The highest BCUT2D eigenvalue weighted by molar-refractivity contribution is 6.25. The second-order valence-electron chi connectivity index (χ2n) is 18.4. The minimum atomic E-state index is -4.67. The lowest BCUT2D eigenvalue weighted by atomic mass is 9.97. The zero-order chi connectivity index (χ0) is 49.1. The Bertz CT molecular complexity index is 2950. The van der Waals surface area contributed by atoms with Crippen LogP contribution in [0, 0.1) is 5.92 Å². The Morgan fingerprint density at radius 1 is 0.857 bits per heavy atom. The van der Waals surface area contributed by atoms with Gasteiger partial charge in [-0.15, -0.1) is 10.2 Å². The van der Waals surface area contributed by atoms with E-state index in [4.69, 9.17) is 4.74 Å². The first kappa shape index (κ1) is 48.1. The molecule has 0 radical (unpaired) electrons. The first-order valence-corrected chi connectivity index (χ1v) is 23.7. The molecule has 16 nitrogen and oxygen atoms in total. The summed E-state index contributed by atoms with van der Waals surface area (Å²) in [7, 11) is 1.83. The third kappa shape index (κ3) is 10.2. The fourth-order valence-electron chi connectivity index (χ4n) is 9.91. The van der Waals surface area contributed by atoms with Gasteiger partial charge in [0.2, 0.25) is 12.3 Å². The van der Waals surface area contributed by atoms with Crippen LogP contribution in [0.1, 0.15) is 87.0 Å². The van der Waals surface area contributed by atoms with Crippen molar-refractivity contribution in [1.29, 1.82) is 0 Å². The zero-order valence-corrected chi connectivity index (χ0v) is 39.1. The number of imidazole rings is 1. The van der Waals surface area contributed by atoms with Crippen molar-refractivity contribution >= 4 is 35.3 Å². The van der Waals surface area contributed by atoms with Crippen molar-refractivity contribution in [3.63, 3.8) is 0 Å². The average Bonchev–Trinajstić information content (AvgIpc) is 4.00. The van der Waals surface area contributed by atoms with Crippen LogP contribution in [0.25, 0.3) is 11.2 Å². The molecule has 3 aromatic carbocycles. The highest BCUT2D eigenvalue weighted by Crippen LogP contribution is 2.36. The van der Waals surface area contributed by atoms with Crippen LogP contribution in [-0.4, -0.2) is 114 Å². The summed E-state index contributed by atoms with van der Waals surface area (Å²) in [5, 5.41) is 10.1. The number of nitrogens with one attached hydrogen (secondary N) is 1. The summed E-state index contributed by atoms with van der Waals surface area (Å²) in [5.74, 6) is -0.710. The lowest BCUT2D eigenvalue weighted by Crippen LogP contribution is -2.49. The zero-order valence-electron chi connectivity index (χ0n) is 39.1. The fourth-order valence-corrected chi connectivity index (χ4v) is 9.91. The van der Waals surface area contributed by atoms with Crippen molar-refractivity contribution < 1.29 is 37.1 Å². The number of likely N-dealkylation sites (tertiary alicyclic amines) is 1. The van der Waals surface area contributed by atoms with Gasteiger partial charge in [-0.2, -0.15) is 13.2 Å². The molecule has 1 unspecified atom stereocenters. The van der Waals surface area contributed by atoms with Crippen molar-refractivity contribution in [2.45, 2.75) is 70.9 Å². The number of piperidine rings is 1. The molecule has 1 N–H and O–H groups in total. The number of fused-ring (bicyclic) bond motifs is 2. The Kier molecular flexibility index (Phi) is 14.1. The molecule has 2 fully saturated rings. The van der Waals surface area contributed by atoms with Gasteiger partial charge in [0.1, 0.15) is 18.2 Å². The molecule has 19 heteroatoms. The van der Waals surface area contributed by atoms with Crippen LogP contribution < -0.4 is 15.9 Å². The van der Waals surface area contributed by atoms with Crippen LogP contribution in [0.3, 0.4) is 0 Å². The summed E-state index contributed by atoms with van der Waals surface area (Å²) in [6.45, 7) is 8.04. The molecular weight excluding hydrogens is 906 g/mol. The first-order chi connectivity index (χ1) is 33.8. The van der Waals surface area contributed by atoms with Gasteiger partial charge < -0.3 is 14.2 Å². The van der Waals surface area contributed by atoms with Crippen LogP contribution in [0.15, 0.2) is 96.3 Å². The number of rotatable bonds is 17. The van der Waals surface area contributed by atoms with Crippen molar-refractivity contribution in [3.05, 3.63) is 147 Å². The van der Waals surface area contributed by atoms with Gasteiger partial charge in [-0.25, -0.2) is 4.79 Å². The van der Waals surface area contributed by atoms with Crippen molar-refractivity contribution in [3.8, 4) is 5.69 Å². The number of piperazine rings is 1. The van der Waals surface area contributed by atoms with E-state index in [1.807, 2.05) is 26.1 Å².